The molecule has 8 heteroatoms. The van der Waals surface area contributed by atoms with Crippen LogP contribution in [0.3, 0.4) is 0 Å². The van der Waals surface area contributed by atoms with Gasteiger partial charge < -0.3 is 4.74 Å². The Morgan fingerprint density at radius 2 is 1.86 bits per heavy atom. The van der Waals surface area contributed by atoms with E-state index in [-0.39, 0.29) is 0 Å². The minimum absolute atomic E-state index is 0.329. The Morgan fingerprint density at radius 1 is 1.29 bits per heavy atom. The predicted octanol–water partition coefficient (Wildman–Crippen LogP) is 3.95. The Balaban J connectivity index is 3.06. The number of ether oxygens (including phenoxy) is 1. The van der Waals surface area contributed by atoms with Gasteiger partial charge in [-0.1, -0.05) is 0 Å². The third kappa shape index (κ3) is 3.36. The monoisotopic (exact) mass is 493 g/mol. The second-order valence-corrected chi connectivity index (χ2v) is 5.10. The van der Waals surface area contributed by atoms with E-state index in [1.54, 1.807) is 22.6 Å². The van der Waals surface area contributed by atoms with Crippen LogP contribution in [0.15, 0.2) is 10.7 Å². The van der Waals surface area contributed by atoms with E-state index in [1.165, 1.54) is 6.20 Å². The summed E-state index contributed by atoms with van der Waals surface area (Å²) in [5, 5.41) is 0. The molecule has 0 spiro atoms. The molecule has 0 aromatic carbocycles. The summed E-state index contributed by atoms with van der Waals surface area (Å²) in [6.45, 7) is 0. The van der Waals surface area contributed by atoms with Crippen molar-refractivity contribution in [3.05, 3.63) is 17.8 Å². The highest BCUT2D eigenvalue weighted by Gasteiger charge is 2.33. The van der Waals surface area contributed by atoms with Gasteiger partial charge in [-0.2, -0.15) is 0 Å². The smallest absolute Gasteiger partial charge is 0.387 e. The Hall–Kier alpha value is 0.680. The van der Waals surface area contributed by atoms with Gasteiger partial charge in [0, 0.05) is 9.77 Å². The van der Waals surface area contributed by atoms with Gasteiger partial charge in [-0.15, -0.1) is 13.2 Å². The molecule has 0 saturated carbocycles. The first-order valence-corrected chi connectivity index (χ1v) is 6.01. The van der Waals surface area contributed by atoms with E-state index >= 15 is 0 Å². The summed E-state index contributed by atoms with van der Waals surface area (Å²) >= 11 is 6.80. The molecule has 0 saturated heterocycles. The fourth-order valence-electron chi connectivity index (χ4n) is 0.608. The van der Waals surface area contributed by atoms with E-state index in [1.807, 2.05) is 22.6 Å². The highest BCUT2D eigenvalue weighted by molar-refractivity contribution is 14.1. The highest BCUT2D eigenvalue weighted by atomic mass is 127. The van der Waals surface area contributed by atoms with Gasteiger partial charge in [0.15, 0.2) is 0 Å². The van der Waals surface area contributed by atoms with Crippen LogP contribution in [0.1, 0.15) is 0 Å². The number of aromatic nitrogens is 1. The summed E-state index contributed by atoms with van der Waals surface area (Å²) in [5.74, 6) is -0.425. The third-order valence-electron chi connectivity index (χ3n) is 1.10. The van der Waals surface area contributed by atoms with Gasteiger partial charge in [-0.05, 0) is 61.1 Å². The lowest BCUT2D eigenvalue weighted by molar-refractivity contribution is -0.276. The SMILES string of the molecule is FC(F)(F)Oc1ncc(Br)c(I)c1I. The maximum absolute atomic E-state index is 11.9. The minimum Gasteiger partial charge on any atom is -0.387 e. The summed E-state index contributed by atoms with van der Waals surface area (Å²) in [5.41, 5.74) is 0. The number of halogens is 6. The molecular formula is C6HBrF3I2NO. The summed E-state index contributed by atoms with van der Waals surface area (Å²) in [7, 11) is 0. The van der Waals surface area contributed by atoms with Gasteiger partial charge in [0.1, 0.15) is 0 Å². The van der Waals surface area contributed by atoms with Gasteiger partial charge in [0.05, 0.1) is 8.04 Å². The van der Waals surface area contributed by atoms with Gasteiger partial charge >= 0.3 is 6.36 Å². The number of hydrogen-bond donors (Lipinski definition) is 0. The summed E-state index contributed by atoms with van der Waals surface area (Å²) in [6, 6.07) is 0. The van der Waals surface area contributed by atoms with Crippen molar-refractivity contribution < 1.29 is 17.9 Å². The molecule has 78 valence electrons. The summed E-state index contributed by atoms with van der Waals surface area (Å²) in [6.07, 6.45) is -3.44. The predicted molar refractivity (Wildman–Crippen MR) is 64.1 cm³/mol. The van der Waals surface area contributed by atoms with Crippen LogP contribution in [-0.4, -0.2) is 11.3 Å². The zero-order valence-electron chi connectivity index (χ0n) is 6.20. The van der Waals surface area contributed by atoms with E-state index in [4.69, 9.17) is 0 Å². The number of pyridine rings is 1. The first-order chi connectivity index (χ1) is 6.31. The van der Waals surface area contributed by atoms with Crippen LogP contribution in [0.4, 0.5) is 13.2 Å². The van der Waals surface area contributed by atoms with Crippen LogP contribution in [0.5, 0.6) is 5.88 Å². The van der Waals surface area contributed by atoms with Crippen molar-refractivity contribution in [2.45, 2.75) is 6.36 Å². The fourth-order valence-corrected chi connectivity index (χ4v) is 2.19. The van der Waals surface area contributed by atoms with Crippen molar-refractivity contribution in [3.63, 3.8) is 0 Å². The van der Waals surface area contributed by atoms with E-state index < -0.39 is 12.2 Å². The molecule has 0 amide bonds. The largest absolute Gasteiger partial charge is 0.574 e. The van der Waals surface area contributed by atoms with Gasteiger partial charge in [0.2, 0.25) is 5.88 Å². The van der Waals surface area contributed by atoms with E-state index in [9.17, 15) is 13.2 Å². The van der Waals surface area contributed by atoms with Gasteiger partial charge in [-0.25, -0.2) is 4.98 Å². The quantitative estimate of drug-likeness (QED) is 0.553. The van der Waals surface area contributed by atoms with Crippen molar-refractivity contribution in [3.8, 4) is 5.88 Å². The molecule has 0 aliphatic carbocycles. The van der Waals surface area contributed by atoms with Crippen molar-refractivity contribution in [1.82, 2.24) is 4.98 Å². The molecule has 0 aliphatic rings. The molecule has 1 aromatic rings. The molecule has 2 nitrogen and oxygen atoms in total. The molecule has 14 heavy (non-hydrogen) atoms. The maximum Gasteiger partial charge on any atom is 0.574 e. The Bertz CT molecular complexity index is 358. The molecule has 1 rings (SSSR count). The molecule has 0 unspecified atom stereocenters. The Kier molecular flexibility index (Phi) is 4.26. The lowest BCUT2D eigenvalue weighted by atomic mass is 10.5. The fraction of sp³-hybridized carbons (Fsp3) is 0.167. The molecule has 0 aliphatic heterocycles. The average molecular weight is 494 g/mol. The lowest BCUT2D eigenvalue weighted by Gasteiger charge is -2.10. The minimum atomic E-state index is -4.70. The Morgan fingerprint density at radius 3 is 2.36 bits per heavy atom. The lowest BCUT2D eigenvalue weighted by Crippen LogP contribution is -2.19. The van der Waals surface area contributed by atoms with Crippen molar-refractivity contribution >= 4 is 61.1 Å². The molecular weight excluding hydrogens is 493 g/mol. The average Bonchev–Trinajstić information content (AvgIpc) is 2.04. The number of hydrogen-bond acceptors (Lipinski definition) is 2. The molecule has 0 bridgehead atoms. The normalized spacial score (nSPS) is 11.6. The number of nitrogens with zero attached hydrogens (tertiary/aromatic N) is 1. The number of alkyl halides is 3. The summed E-state index contributed by atoms with van der Waals surface area (Å²) < 4.78 is 40.9. The van der Waals surface area contributed by atoms with Crippen LogP contribution in [0.2, 0.25) is 0 Å². The molecule has 1 heterocycles. The Labute approximate surface area is 113 Å². The van der Waals surface area contributed by atoms with Crippen molar-refractivity contribution in [1.29, 1.82) is 0 Å². The van der Waals surface area contributed by atoms with Gasteiger partial charge in [0.25, 0.3) is 0 Å². The van der Waals surface area contributed by atoms with Crippen LogP contribution in [0, 0.1) is 7.14 Å². The molecule has 0 radical (unpaired) electrons. The van der Waals surface area contributed by atoms with E-state index in [2.05, 4.69) is 25.7 Å². The first kappa shape index (κ1) is 12.7. The topological polar surface area (TPSA) is 22.1 Å². The van der Waals surface area contributed by atoms with E-state index in [0.717, 1.165) is 0 Å². The molecule has 0 atom stereocenters. The second-order valence-electron chi connectivity index (χ2n) is 2.09. The van der Waals surface area contributed by atoms with Crippen molar-refractivity contribution in [2.24, 2.45) is 0 Å². The van der Waals surface area contributed by atoms with Crippen LogP contribution in [0.25, 0.3) is 0 Å². The second kappa shape index (κ2) is 4.68. The van der Waals surface area contributed by atoms with Crippen LogP contribution in [-0.2, 0) is 0 Å². The maximum atomic E-state index is 11.9. The number of rotatable bonds is 1. The van der Waals surface area contributed by atoms with Crippen LogP contribution < -0.4 is 4.74 Å². The first-order valence-electron chi connectivity index (χ1n) is 3.06. The standard InChI is InChI=1S/C6HBrF3I2NO/c7-2-1-13-5(4(12)3(2)11)14-6(8,9)10/h1H. The highest BCUT2D eigenvalue weighted by Crippen LogP contribution is 2.32. The summed E-state index contributed by atoms with van der Waals surface area (Å²) in [4.78, 5) is 3.52. The molecule has 1 aromatic heterocycles. The van der Waals surface area contributed by atoms with Gasteiger partial charge in [-0.3, -0.25) is 0 Å². The molecule has 0 fully saturated rings. The van der Waals surface area contributed by atoms with E-state index in [0.29, 0.717) is 11.6 Å². The molecule has 0 N–H and O–H groups in total. The van der Waals surface area contributed by atoms with Crippen LogP contribution >= 0.6 is 61.1 Å². The zero-order valence-corrected chi connectivity index (χ0v) is 12.1. The zero-order chi connectivity index (χ0) is 10.9. The van der Waals surface area contributed by atoms with Crippen molar-refractivity contribution in [2.75, 3.05) is 0 Å². The third-order valence-corrected chi connectivity index (χ3v) is 5.59.